The number of halogens is 1. The molecule has 0 saturated heterocycles. The molecule has 1 aliphatic rings. The molecule has 3 rings (SSSR count). The molecule has 28 heavy (non-hydrogen) atoms. The van der Waals surface area contributed by atoms with E-state index in [4.69, 9.17) is 4.74 Å². The number of nitrogens with zero attached hydrogens (tertiary/aromatic N) is 1. The SMILES string of the molecule is CCCc1nc(OC)c(C(=O)NC2(CO)CCCC2)cc1-c1ccc(F)cc1. The second-order valence-electron chi connectivity index (χ2n) is 7.40. The number of carbonyl (C=O) groups excluding carboxylic acids is 1. The van der Waals surface area contributed by atoms with Crippen LogP contribution >= 0.6 is 0 Å². The molecule has 2 N–H and O–H groups in total. The van der Waals surface area contributed by atoms with E-state index in [2.05, 4.69) is 10.3 Å². The Morgan fingerprint density at radius 3 is 2.54 bits per heavy atom. The summed E-state index contributed by atoms with van der Waals surface area (Å²) in [6, 6.07) is 7.93. The maximum Gasteiger partial charge on any atom is 0.257 e. The van der Waals surface area contributed by atoms with Gasteiger partial charge < -0.3 is 15.2 Å². The van der Waals surface area contributed by atoms with Gasteiger partial charge in [-0.05, 0) is 43.0 Å². The fraction of sp³-hybridized carbons (Fsp3) is 0.455. The molecule has 1 aliphatic carbocycles. The van der Waals surface area contributed by atoms with Crippen LogP contribution in [-0.2, 0) is 6.42 Å². The molecule has 2 aromatic rings. The van der Waals surface area contributed by atoms with Crippen molar-refractivity contribution < 1.29 is 19.0 Å². The van der Waals surface area contributed by atoms with Crippen LogP contribution in [0, 0.1) is 5.82 Å². The van der Waals surface area contributed by atoms with Crippen LogP contribution in [0.25, 0.3) is 11.1 Å². The third-order valence-corrected chi connectivity index (χ3v) is 5.39. The van der Waals surface area contributed by atoms with Gasteiger partial charge in [-0.15, -0.1) is 0 Å². The first kappa shape index (κ1) is 20.3. The maximum atomic E-state index is 13.4. The van der Waals surface area contributed by atoms with Gasteiger partial charge in [-0.2, -0.15) is 0 Å². The number of nitrogens with one attached hydrogen (secondary N) is 1. The Labute approximate surface area is 165 Å². The zero-order chi connectivity index (χ0) is 20.1. The maximum absolute atomic E-state index is 13.4. The number of ether oxygens (including phenoxy) is 1. The summed E-state index contributed by atoms with van der Waals surface area (Å²) in [5.41, 5.74) is 2.13. The van der Waals surface area contributed by atoms with Gasteiger partial charge in [-0.1, -0.05) is 38.3 Å². The summed E-state index contributed by atoms with van der Waals surface area (Å²) < 4.78 is 18.8. The topological polar surface area (TPSA) is 71.5 Å². The first-order chi connectivity index (χ1) is 13.5. The Kier molecular flexibility index (Phi) is 6.29. The number of pyridine rings is 1. The predicted molar refractivity (Wildman–Crippen MR) is 106 cm³/mol. The van der Waals surface area contributed by atoms with Crippen molar-refractivity contribution in [3.05, 3.63) is 47.4 Å². The van der Waals surface area contributed by atoms with E-state index in [0.29, 0.717) is 12.0 Å². The van der Waals surface area contributed by atoms with Crippen LogP contribution in [0.3, 0.4) is 0 Å². The third-order valence-electron chi connectivity index (χ3n) is 5.39. The van der Waals surface area contributed by atoms with Crippen molar-refractivity contribution in [3.8, 4) is 17.0 Å². The minimum Gasteiger partial charge on any atom is -0.480 e. The molecule has 0 spiro atoms. The first-order valence-electron chi connectivity index (χ1n) is 9.79. The summed E-state index contributed by atoms with van der Waals surface area (Å²) in [7, 11) is 1.49. The number of amides is 1. The van der Waals surface area contributed by atoms with Gasteiger partial charge in [0.25, 0.3) is 5.91 Å². The Hall–Kier alpha value is -2.47. The highest BCUT2D eigenvalue weighted by molar-refractivity contribution is 5.98. The van der Waals surface area contributed by atoms with Crippen LogP contribution in [0.4, 0.5) is 4.39 Å². The van der Waals surface area contributed by atoms with Crippen molar-refractivity contribution in [1.82, 2.24) is 10.3 Å². The van der Waals surface area contributed by atoms with Gasteiger partial charge in [-0.25, -0.2) is 9.37 Å². The highest BCUT2D eigenvalue weighted by Crippen LogP contribution is 2.32. The van der Waals surface area contributed by atoms with Crippen molar-refractivity contribution in [2.45, 2.75) is 51.0 Å². The number of hydrogen-bond acceptors (Lipinski definition) is 4. The van der Waals surface area contributed by atoms with E-state index >= 15 is 0 Å². The van der Waals surface area contributed by atoms with Crippen molar-refractivity contribution in [2.75, 3.05) is 13.7 Å². The van der Waals surface area contributed by atoms with E-state index in [0.717, 1.165) is 48.9 Å². The number of carbonyl (C=O) groups is 1. The van der Waals surface area contributed by atoms with Crippen LogP contribution in [0.1, 0.15) is 55.1 Å². The largest absolute Gasteiger partial charge is 0.480 e. The normalized spacial score (nSPS) is 15.4. The molecule has 0 radical (unpaired) electrons. The highest BCUT2D eigenvalue weighted by Gasteiger charge is 2.35. The average molecular weight is 386 g/mol. The molecular formula is C22H27FN2O3. The highest BCUT2D eigenvalue weighted by atomic mass is 19.1. The second-order valence-corrected chi connectivity index (χ2v) is 7.40. The van der Waals surface area contributed by atoms with E-state index in [-0.39, 0.29) is 24.2 Å². The lowest BCUT2D eigenvalue weighted by molar-refractivity contribution is 0.0834. The molecule has 1 aromatic heterocycles. The molecule has 0 atom stereocenters. The minimum absolute atomic E-state index is 0.0901. The molecular weight excluding hydrogens is 359 g/mol. The lowest BCUT2D eigenvalue weighted by Crippen LogP contribution is -2.49. The molecule has 6 heteroatoms. The van der Waals surface area contributed by atoms with Crippen molar-refractivity contribution >= 4 is 5.91 Å². The zero-order valence-corrected chi connectivity index (χ0v) is 16.4. The molecule has 1 amide bonds. The first-order valence-corrected chi connectivity index (χ1v) is 9.79. The molecule has 5 nitrogen and oxygen atoms in total. The zero-order valence-electron chi connectivity index (χ0n) is 16.4. The molecule has 0 aliphatic heterocycles. The fourth-order valence-electron chi connectivity index (χ4n) is 3.84. The Balaban J connectivity index is 2.03. The van der Waals surface area contributed by atoms with E-state index in [1.54, 1.807) is 18.2 Å². The summed E-state index contributed by atoms with van der Waals surface area (Å²) in [5, 5.41) is 12.8. The second kappa shape index (κ2) is 8.69. The summed E-state index contributed by atoms with van der Waals surface area (Å²) in [4.78, 5) is 17.6. The van der Waals surface area contributed by atoms with E-state index in [1.807, 2.05) is 6.92 Å². The van der Waals surface area contributed by atoms with Crippen molar-refractivity contribution in [2.24, 2.45) is 0 Å². The van der Waals surface area contributed by atoms with Crippen LogP contribution in [-0.4, -0.2) is 35.3 Å². The monoisotopic (exact) mass is 386 g/mol. The van der Waals surface area contributed by atoms with Gasteiger partial charge >= 0.3 is 0 Å². The average Bonchev–Trinajstić information content (AvgIpc) is 3.17. The molecule has 1 fully saturated rings. The number of benzene rings is 1. The number of methoxy groups -OCH3 is 1. The Morgan fingerprint density at radius 1 is 1.29 bits per heavy atom. The molecule has 0 bridgehead atoms. The summed E-state index contributed by atoms with van der Waals surface area (Å²) in [5.74, 6) is -0.365. The quantitative estimate of drug-likeness (QED) is 0.757. The van der Waals surface area contributed by atoms with E-state index in [9.17, 15) is 14.3 Å². The number of hydrogen-bond donors (Lipinski definition) is 2. The number of aryl methyl sites for hydroxylation is 1. The summed E-state index contributed by atoms with van der Waals surface area (Å²) >= 11 is 0. The number of aliphatic hydroxyl groups excluding tert-OH is 1. The lowest BCUT2D eigenvalue weighted by atomic mass is 9.96. The van der Waals surface area contributed by atoms with Gasteiger partial charge in [0, 0.05) is 5.56 Å². The molecule has 1 heterocycles. The molecule has 1 aromatic carbocycles. The standard InChI is InChI=1S/C22H27FN2O3/c1-3-6-19-17(15-7-9-16(23)10-8-15)13-18(21(24-19)28-2)20(27)25-22(14-26)11-4-5-12-22/h7-10,13,26H,3-6,11-12,14H2,1-2H3,(H,25,27). The number of rotatable bonds is 7. The van der Waals surface area contributed by atoms with Crippen LogP contribution < -0.4 is 10.1 Å². The predicted octanol–water partition coefficient (Wildman–Crippen LogP) is 3.88. The molecule has 1 saturated carbocycles. The minimum atomic E-state index is -0.583. The van der Waals surface area contributed by atoms with E-state index in [1.165, 1.54) is 19.2 Å². The lowest BCUT2D eigenvalue weighted by Gasteiger charge is -2.28. The van der Waals surface area contributed by atoms with Crippen LogP contribution in [0.15, 0.2) is 30.3 Å². The Bertz CT molecular complexity index is 830. The van der Waals surface area contributed by atoms with Crippen LogP contribution in [0.5, 0.6) is 5.88 Å². The van der Waals surface area contributed by atoms with Crippen molar-refractivity contribution in [3.63, 3.8) is 0 Å². The Morgan fingerprint density at radius 2 is 1.96 bits per heavy atom. The van der Waals surface area contributed by atoms with Gasteiger partial charge in [0.2, 0.25) is 5.88 Å². The molecule has 150 valence electrons. The van der Waals surface area contributed by atoms with Crippen molar-refractivity contribution in [1.29, 1.82) is 0 Å². The van der Waals surface area contributed by atoms with E-state index < -0.39 is 5.54 Å². The van der Waals surface area contributed by atoms with Gasteiger partial charge in [0.1, 0.15) is 11.4 Å². The third kappa shape index (κ3) is 4.17. The summed E-state index contributed by atoms with van der Waals surface area (Å²) in [6.45, 7) is 1.96. The van der Waals surface area contributed by atoms with Gasteiger partial charge in [0.05, 0.1) is 24.9 Å². The smallest absolute Gasteiger partial charge is 0.257 e. The van der Waals surface area contributed by atoms with Gasteiger partial charge in [0.15, 0.2) is 0 Å². The number of aromatic nitrogens is 1. The summed E-state index contributed by atoms with van der Waals surface area (Å²) in [6.07, 6.45) is 5.06. The van der Waals surface area contributed by atoms with Gasteiger partial charge in [-0.3, -0.25) is 4.79 Å². The molecule has 0 unspecified atom stereocenters. The number of aliphatic hydroxyl groups is 1. The fourth-order valence-corrected chi connectivity index (χ4v) is 3.84. The van der Waals surface area contributed by atoms with Crippen LogP contribution in [0.2, 0.25) is 0 Å².